The first kappa shape index (κ1) is 23.7. The lowest BCUT2D eigenvalue weighted by molar-refractivity contribution is 0.609. The van der Waals surface area contributed by atoms with E-state index in [1.165, 1.54) is 21.2 Å². The topological polar surface area (TPSA) is 104 Å². The first-order valence-corrected chi connectivity index (χ1v) is 11.3. The van der Waals surface area contributed by atoms with Gasteiger partial charge in [-0.15, -0.1) is 5.10 Å². The van der Waals surface area contributed by atoms with Gasteiger partial charge in [-0.25, -0.2) is 23.3 Å². The lowest BCUT2D eigenvalue weighted by Crippen LogP contribution is -2.24. The zero-order chi connectivity index (χ0) is 25.1. The normalized spacial score (nSPS) is 10.8. The van der Waals surface area contributed by atoms with Crippen LogP contribution in [0, 0.1) is 19.7 Å². The third-order valence-electron chi connectivity index (χ3n) is 5.27. The predicted octanol–water partition coefficient (Wildman–Crippen LogP) is 4.43. The van der Waals surface area contributed by atoms with Gasteiger partial charge < -0.3 is 5.73 Å². The predicted molar refractivity (Wildman–Crippen MR) is 134 cm³/mol. The van der Waals surface area contributed by atoms with Gasteiger partial charge in [-0.1, -0.05) is 44.2 Å². The van der Waals surface area contributed by atoms with Crippen LogP contribution in [0.3, 0.4) is 0 Å². The van der Waals surface area contributed by atoms with E-state index in [4.69, 9.17) is 5.73 Å². The molecule has 0 fully saturated rings. The summed E-state index contributed by atoms with van der Waals surface area (Å²) in [5, 5.41) is 4.61. The summed E-state index contributed by atoms with van der Waals surface area (Å²) in [5.74, 6) is -0.425. The second-order valence-electron chi connectivity index (χ2n) is 7.77. The van der Waals surface area contributed by atoms with Crippen LogP contribution >= 0.6 is 0 Å². The molecule has 4 heterocycles. The average molecular weight is 472 g/mol. The summed E-state index contributed by atoms with van der Waals surface area (Å²) < 4.78 is 15.8. The maximum absolute atomic E-state index is 13.3. The molecular formula is C26H26FN7O. The number of fused-ring (bicyclic) bond motifs is 1. The van der Waals surface area contributed by atoms with Crippen molar-refractivity contribution in [3.8, 4) is 22.4 Å². The van der Waals surface area contributed by atoms with Crippen LogP contribution in [0.25, 0.3) is 28.0 Å². The molecule has 8 nitrogen and oxygen atoms in total. The monoisotopic (exact) mass is 471 g/mol. The maximum Gasteiger partial charge on any atom is 0.353 e. The number of hydrogen-bond acceptors (Lipinski definition) is 6. The fourth-order valence-corrected chi connectivity index (χ4v) is 3.91. The lowest BCUT2D eigenvalue weighted by atomic mass is 9.99. The molecule has 4 aromatic heterocycles. The van der Waals surface area contributed by atoms with Crippen molar-refractivity contribution in [3.63, 3.8) is 0 Å². The Balaban J connectivity index is 0.00000141. The van der Waals surface area contributed by atoms with Gasteiger partial charge in [0.25, 0.3) is 0 Å². The first-order chi connectivity index (χ1) is 16.9. The van der Waals surface area contributed by atoms with Gasteiger partial charge in [0.15, 0.2) is 5.65 Å². The van der Waals surface area contributed by atoms with Gasteiger partial charge in [0, 0.05) is 17.0 Å². The highest BCUT2D eigenvalue weighted by Gasteiger charge is 2.22. The molecular weight excluding hydrogens is 445 g/mol. The number of benzene rings is 1. The highest BCUT2D eigenvalue weighted by Crippen LogP contribution is 2.34. The van der Waals surface area contributed by atoms with Gasteiger partial charge in [-0.3, -0.25) is 9.97 Å². The maximum atomic E-state index is 13.3. The Morgan fingerprint density at radius 3 is 2.26 bits per heavy atom. The van der Waals surface area contributed by atoms with E-state index in [1.54, 1.807) is 0 Å². The summed E-state index contributed by atoms with van der Waals surface area (Å²) in [5.41, 5.74) is 11.3. The molecule has 2 N–H and O–H groups in total. The molecule has 0 spiro atoms. The number of pyridine rings is 2. The highest BCUT2D eigenvalue weighted by molar-refractivity contribution is 5.90. The van der Waals surface area contributed by atoms with E-state index in [9.17, 15) is 9.18 Å². The Hall–Kier alpha value is -4.40. The molecule has 5 aromatic rings. The van der Waals surface area contributed by atoms with Crippen molar-refractivity contribution < 1.29 is 4.39 Å². The van der Waals surface area contributed by atoms with Crippen molar-refractivity contribution in [3.05, 3.63) is 94.2 Å². The van der Waals surface area contributed by atoms with E-state index in [1.807, 2.05) is 70.2 Å². The van der Waals surface area contributed by atoms with Crippen LogP contribution in [0.15, 0.2) is 65.6 Å². The Morgan fingerprint density at radius 2 is 1.63 bits per heavy atom. The quantitative estimate of drug-likeness (QED) is 0.416. The van der Waals surface area contributed by atoms with Crippen LogP contribution < -0.4 is 11.4 Å². The van der Waals surface area contributed by atoms with E-state index in [2.05, 4.69) is 20.1 Å². The molecule has 0 unspecified atom stereocenters. The fraction of sp³-hybridized carbons (Fsp3) is 0.192. The smallest absolute Gasteiger partial charge is 0.353 e. The van der Waals surface area contributed by atoms with Gasteiger partial charge in [0.2, 0.25) is 5.95 Å². The first-order valence-electron chi connectivity index (χ1n) is 11.3. The Bertz CT molecular complexity index is 1520. The number of rotatable bonds is 4. The van der Waals surface area contributed by atoms with Crippen LogP contribution in [0.1, 0.15) is 30.9 Å². The third-order valence-corrected chi connectivity index (χ3v) is 5.27. The van der Waals surface area contributed by atoms with Crippen molar-refractivity contribution in [2.45, 2.75) is 34.2 Å². The minimum atomic E-state index is -0.454. The van der Waals surface area contributed by atoms with Gasteiger partial charge >= 0.3 is 5.69 Å². The number of anilines is 1. The average Bonchev–Trinajstić information content (AvgIpc) is 3.17. The van der Waals surface area contributed by atoms with Crippen LogP contribution in [-0.2, 0) is 6.54 Å². The summed E-state index contributed by atoms with van der Waals surface area (Å²) in [6.07, 6.45) is 1.10. The number of halogens is 1. The lowest BCUT2D eigenvalue weighted by Gasteiger charge is -2.13. The summed E-state index contributed by atoms with van der Waals surface area (Å²) in [7, 11) is 0. The van der Waals surface area contributed by atoms with Crippen LogP contribution in [0.4, 0.5) is 10.3 Å². The molecule has 0 radical (unpaired) electrons. The molecule has 0 aliphatic heterocycles. The Morgan fingerprint density at radius 1 is 0.943 bits per heavy atom. The highest BCUT2D eigenvalue weighted by atomic mass is 19.1. The minimum absolute atomic E-state index is 0.0263. The summed E-state index contributed by atoms with van der Waals surface area (Å²) in [6.45, 7) is 7.88. The summed E-state index contributed by atoms with van der Waals surface area (Å²) in [4.78, 5) is 26.3. The number of nitrogens with two attached hydrogens (primary N) is 1. The molecule has 35 heavy (non-hydrogen) atoms. The van der Waals surface area contributed by atoms with Crippen molar-refractivity contribution in [1.29, 1.82) is 0 Å². The van der Waals surface area contributed by atoms with Crippen molar-refractivity contribution in [2.75, 3.05) is 5.73 Å². The molecule has 5 rings (SSSR count). The van der Waals surface area contributed by atoms with Gasteiger partial charge in [-0.05, 0) is 43.7 Å². The number of nitrogen functional groups attached to an aromatic ring is 1. The van der Waals surface area contributed by atoms with Gasteiger partial charge in [-0.2, -0.15) is 0 Å². The zero-order valence-corrected chi connectivity index (χ0v) is 20.0. The largest absolute Gasteiger partial charge is 0.369 e. The SMILES string of the molecule is CC.Cc1cc(-c2c(-c3ccccc3)nc(N)n3c(=O)n(Cc4ccc(F)cn4)nc23)cc(C)n1. The molecule has 1 aromatic carbocycles. The molecule has 9 heteroatoms. The summed E-state index contributed by atoms with van der Waals surface area (Å²) in [6, 6.07) is 16.3. The number of hydrogen-bond donors (Lipinski definition) is 1. The van der Waals surface area contributed by atoms with Crippen LogP contribution in [-0.4, -0.2) is 29.1 Å². The molecule has 0 aliphatic rings. The Labute approximate surface area is 201 Å². The van der Waals surface area contributed by atoms with Crippen molar-refractivity contribution in [2.24, 2.45) is 0 Å². The number of aromatic nitrogens is 6. The molecule has 0 aliphatic carbocycles. The van der Waals surface area contributed by atoms with Crippen molar-refractivity contribution >= 4 is 11.6 Å². The molecule has 0 saturated carbocycles. The minimum Gasteiger partial charge on any atom is -0.369 e. The van der Waals surface area contributed by atoms with Crippen LogP contribution in [0.2, 0.25) is 0 Å². The van der Waals surface area contributed by atoms with E-state index < -0.39 is 11.5 Å². The number of aryl methyl sites for hydroxylation is 2. The fourth-order valence-electron chi connectivity index (χ4n) is 3.91. The van der Waals surface area contributed by atoms with E-state index in [-0.39, 0.29) is 12.5 Å². The second kappa shape index (κ2) is 9.84. The van der Waals surface area contributed by atoms with E-state index in [0.717, 1.165) is 28.7 Å². The van der Waals surface area contributed by atoms with E-state index >= 15 is 0 Å². The van der Waals surface area contributed by atoms with E-state index in [0.29, 0.717) is 22.6 Å². The zero-order valence-electron chi connectivity index (χ0n) is 20.0. The number of nitrogens with zero attached hydrogens (tertiary/aromatic N) is 6. The van der Waals surface area contributed by atoms with Gasteiger partial charge in [0.05, 0.1) is 29.7 Å². The Kier molecular flexibility index (Phi) is 6.68. The standard InChI is InChI=1S/C24H20FN7O.C2H6/c1-14-10-17(11-15(2)28-14)20-21(16-6-4-3-5-7-16)29-23(26)32-22(20)30-31(24(32)33)13-19-9-8-18(25)12-27-19;1-2/h3-12H,13H2,1-2H3,(H2,26,29);1-2H3. The second-order valence-corrected chi connectivity index (χ2v) is 7.77. The summed E-state index contributed by atoms with van der Waals surface area (Å²) >= 11 is 0. The van der Waals surface area contributed by atoms with Crippen molar-refractivity contribution in [1.82, 2.24) is 29.1 Å². The molecule has 0 amide bonds. The molecule has 0 bridgehead atoms. The van der Waals surface area contributed by atoms with Gasteiger partial charge in [0.1, 0.15) is 5.82 Å². The molecule has 0 atom stereocenters. The molecule has 0 saturated heterocycles. The molecule has 178 valence electrons. The third kappa shape index (κ3) is 4.65. The van der Waals surface area contributed by atoms with Crippen LogP contribution in [0.5, 0.6) is 0 Å².